The van der Waals surface area contributed by atoms with Crippen molar-refractivity contribution < 1.29 is 32.9 Å². The van der Waals surface area contributed by atoms with Crippen molar-refractivity contribution in [2.24, 2.45) is 0 Å². The molecule has 0 aliphatic heterocycles. The van der Waals surface area contributed by atoms with Gasteiger partial charge in [0.25, 0.3) is 7.82 Å². The lowest BCUT2D eigenvalue weighted by atomic mass is 10.0. The number of phosphoric ester groups is 1. The molecular formula is C70H123N2O6P. The second-order valence-electron chi connectivity index (χ2n) is 22.7. The topological polar surface area (TPSA) is 108 Å². The second kappa shape index (κ2) is 59.5. The van der Waals surface area contributed by atoms with Crippen LogP contribution in [0.15, 0.2) is 122 Å². The third-order valence-corrected chi connectivity index (χ3v) is 14.9. The maximum Gasteiger partial charge on any atom is 0.268 e. The van der Waals surface area contributed by atoms with Crippen LogP contribution in [0.1, 0.15) is 264 Å². The Morgan fingerprint density at radius 1 is 0.456 bits per heavy atom. The van der Waals surface area contributed by atoms with Crippen molar-refractivity contribution in [1.29, 1.82) is 0 Å². The summed E-state index contributed by atoms with van der Waals surface area (Å²) in [6.45, 7) is 4.50. The lowest BCUT2D eigenvalue weighted by Gasteiger charge is -2.29. The largest absolute Gasteiger partial charge is 0.756 e. The number of carbonyl (C=O) groups is 1. The van der Waals surface area contributed by atoms with Gasteiger partial charge in [0, 0.05) is 6.42 Å². The Labute approximate surface area is 488 Å². The van der Waals surface area contributed by atoms with Gasteiger partial charge >= 0.3 is 0 Å². The lowest BCUT2D eigenvalue weighted by Crippen LogP contribution is -2.45. The molecule has 0 radical (unpaired) electrons. The van der Waals surface area contributed by atoms with E-state index in [2.05, 4.69) is 129 Å². The van der Waals surface area contributed by atoms with Crippen LogP contribution < -0.4 is 10.2 Å². The third kappa shape index (κ3) is 62.4. The number of rotatable bonds is 58. The average Bonchev–Trinajstić information content (AvgIpc) is 3.42. The first-order valence-corrected chi connectivity index (χ1v) is 33.9. The average molecular weight is 1120 g/mol. The highest BCUT2D eigenvalue weighted by atomic mass is 31.2. The molecule has 3 atom stereocenters. The molecular weight excluding hydrogens is 996 g/mol. The number of hydrogen-bond donors (Lipinski definition) is 2. The number of nitrogens with one attached hydrogen (secondary N) is 1. The summed E-state index contributed by atoms with van der Waals surface area (Å²) < 4.78 is 23.4. The van der Waals surface area contributed by atoms with Gasteiger partial charge in [0.1, 0.15) is 13.2 Å². The molecule has 0 bridgehead atoms. The number of allylic oxidation sites excluding steroid dienone is 19. The Hall–Kier alpha value is -3.10. The summed E-state index contributed by atoms with van der Waals surface area (Å²) in [6.07, 6.45) is 88.7. The SMILES string of the molecule is CC/C=C\C/C=C\C/C=C\C/C=C\C/C=C\C/C=C\C/C=C\C/C=C\CCCCCCC(=O)NC(COP(=O)([O-])OCC[N+](C)(C)C)C(O)/C=C/CC/C=C/CCCCCCCCCCCCCCCCCCCCCCCC. The van der Waals surface area contributed by atoms with Crippen LogP contribution in [-0.4, -0.2) is 68.5 Å². The van der Waals surface area contributed by atoms with Crippen molar-refractivity contribution in [3.63, 3.8) is 0 Å². The molecule has 454 valence electrons. The molecule has 0 fully saturated rings. The van der Waals surface area contributed by atoms with Crippen molar-refractivity contribution >= 4 is 13.7 Å². The molecule has 3 unspecified atom stereocenters. The second-order valence-corrected chi connectivity index (χ2v) is 24.1. The fourth-order valence-electron chi connectivity index (χ4n) is 8.89. The number of quaternary nitrogens is 1. The fraction of sp³-hybridized carbons (Fsp3) is 0.700. The van der Waals surface area contributed by atoms with Crippen LogP contribution in [0, 0.1) is 0 Å². The first-order chi connectivity index (χ1) is 38.5. The van der Waals surface area contributed by atoms with Crippen molar-refractivity contribution in [2.45, 2.75) is 276 Å². The van der Waals surface area contributed by atoms with E-state index in [0.717, 1.165) is 96.3 Å². The number of unbranched alkanes of at least 4 members (excludes halogenated alkanes) is 27. The van der Waals surface area contributed by atoms with Gasteiger partial charge in [-0.1, -0.05) is 283 Å². The van der Waals surface area contributed by atoms with Gasteiger partial charge in [-0.05, 0) is 96.3 Å². The van der Waals surface area contributed by atoms with Gasteiger partial charge in [-0.2, -0.15) is 0 Å². The molecule has 0 rings (SSSR count). The van der Waals surface area contributed by atoms with E-state index in [1.54, 1.807) is 6.08 Å². The van der Waals surface area contributed by atoms with Crippen LogP contribution in [0.5, 0.6) is 0 Å². The lowest BCUT2D eigenvalue weighted by molar-refractivity contribution is -0.870. The van der Waals surface area contributed by atoms with E-state index in [1.165, 1.54) is 141 Å². The predicted octanol–water partition coefficient (Wildman–Crippen LogP) is 19.9. The number of aliphatic hydroxyl groups excluding tert-OH is 1. The van der Waals surface area contributed by atoms with Crippen LogP contribution in [0.4, 0.5) is 0 Å². The molecule has 79 heavy (non-hydrogen) atoms. The highest BCUT2D eigenvalue weighted by Gasteiger charge is 2.23. The van der Waals surface area contributed by atoms with Gasteiger partial charge in [-0.25, -0.2) is 0 Å². The number of amides is 1. The first-order valence-electron chi connectivity index (χ1n) is 32.4. The molecule has 8 nitrogen and oxygen atoms in total. The quantitative estimate of drug-likeness (QED) is 0.0272. The first kappa shape index (κ1) is 75.9. The highest BCUT2D eigenvalue weighted by Crippen LogP contribution is 2.38. The Balaban J connectivity index is 4.28. The van der Waals surface area contributed by atoms with Crippen LogP contribution >= 0.6 is 7.82 Å². The minimum atomic E-state index is -4.63. The molecule has 0 saturated carbocycles. The number of aliphatic hydroxyl groups is 1. The molecule has 0 heterocycles. The molecule has 0 saturated heterocycles. The predicted molar refractivity (Wildman–Crippen MR) is 343 cm³/mol. The molecule has 0 aromatic carbocycles. The van der Waals surface area contributed by atoms with Crippen LogP contribution in [0.2, 0.25) is 0 Å². The van der Waals surface area contributed by atoms with Gasteiger partial charge in [-0.3, -0.25) is 9.36 Å². The summed E-state index contributed by atoms with van der Waals surface area (Å²) in [5, 5.41) is 13.9. The summed E-state index contributed by atoms with van der Waals surface area (Å²) >= 11 is 0. The smallest absolute Gasteiger partial charge is 0.268 e. The van der Waals surface area contributed by atoms with E-state index >= 15 is 0 Å². The van der Waals surface area contributed by atoms with E-state index in [0.29, 0.717) is 23.9 Å². The highest BCUT2D eigenvalue weighted by molar-refractivity contribution is 7.45. The van der Waals surface area contributed by atoms with Crippen molar-refractivity contribution in [2.75, 3.05) is 40.9 Å². The maximum absolute atomic E-state index is 13.0. The van der Waals surface area contributed by atoms with Crippen molar-refractivity contribution in [3.8, 4) is 0 Å². The van der Waals surface area contributed by atoms with E-state index in [4.69, 9.17) is 9.05 Å². The van der Waals surface area contributed by atoms with E-state index in [-0.39, 0.29) is 12.5 Å². The Morgan fingerprint density at radius 3 is 1.18 bits per heavy atom. The zero-order chi connectivity index (χ0) is 57.7. The summed E-state index contributed by atoms with van der Waals surface area (Å²) in [6, 6.07) is -0.928. The normalized spacial score (nSPS) is 14.6. The Morgan fingerprint density at radius 2 is 0.785 bits per heavy atom. The molecule has 2 N–H and O–H groups in total. The summed E-state index contributed by atoms with van der Waals surface area (Å²) in [7, 11) is 1.21. The Bertz CT molecular complexity index is 1700. The number of nitrogens with zero attached hydrogens (tertiary/aromatic N) is 1. The van der Waals surface area contributed by atoms with Gasteiger partial charge < -0.3 is 28.8 Å². The van der Waals surface area contributed by atoms with E-state index in [1.807, 2.05) is 27.2 Å². The molecule has 1 amide bonds. The third-order valence-electron chi connectivity index (χ3n) is 13.9. The minimum Gasteiger partial charge on any atom is -0.756 e. The molecule has 0 aliphatic carbocycles. The van der Waals surface area contributed by atoms with Crippen LogP contribution in [-0.2, 0) is 18.4 Å². The van der Waals surface area contributed by atoms with Gasteiger partial charge in [0.2, 0.25) is 5.91 Å². The van der Waals surface area contributed by atoms with Crippen molar-refractivity contribution in [3.05, 3.63) is 122 Å². The number of hydrogen-bond acceptors (Lipinski definition) is 6. The maximum atomic E-state index is 13.0. The zero-order valence-electron chi connectivity index (χ0n) is 51.8. The minimum absolute atomic E-state index is 0.0184. The summed E-state index contributed by atoms with van der Waals surface area (Å²) in [5.41, 5.74) is 0. The molecule has 0 aliphatic rings. The van der Waals surface area contributed by atoms with Crippen LogP contribution in [0.25, 0.3) is 0 Å². The Kier molecular flexibility index (Phi) is 57.2. The van der Waals surface area contributed by atoms with Crippen LogP contribution in [0.3, 0.4) is 0 Å². The molecule has 9 heteroatoms. The molecule has 0 aromatic heterocycles. The number of phosphoric acid groups is 1. The zero-order valence-corrected chi connectivity index (χ0v) is 52.7. The monoisotopic (exact) mass is 1120 g/mol. The van der Waals surface area contributed by atoms with E-state index in [9.17, 15) is 19.4 Å². The number of likely N-dealkylation sites (N-methyl/N-ethyl adjacent to an activating group) is 1. The number of carbonyl (C=O) groups excluding carboxylic acids is 1. The van der Waals surface area contributed by atoms with Gasteiger partial charge in [0.05, 0.1) is 39.9 Å². The summed E-state index contributed by atoms with van der Waals surface area (Å²) in [5.74, 6) is -0.234. The van der Waals surface area contributed by atoms with Gasteiger partial charge in [0.15, 0.2) is 0 Å². The molecule has 0 aromatic rings. The van der Waals surface area contributed by atoms with E-state index < -0.39 is 26.6 Å². The fourth-order valence-corrected chi connectivity index (χ4v) is 9.61. The standard InChI is InChI=1S/C70H123N2O6P/c1-6-8-10-12-14-16-18-20-22-24-26-28-30-32-34-36-38-40-42-44-46-48-50-52-54-56-58-60-62-64-70(74)71-68(67-78-79(75,76)77-66-65-72(3,4)5)69(73)63-61-59-57-55-53-51-49-47-45-43-41-39-37-35-33-31-29-27-25-23-21-19-17-15-13-11-9-7-2/h8,10,14,16,20,22,26,28,32,34,38,40,44,46,50,52-53,55,61,63,68-69,73H,6-7,9,11-13,15,17-19,21,23-25,27,29-31,33,35-37,39,41-43,45,47-49,51,54,56-60,62,64-67H2,1-5H3,(H-,71,74,75,76)/b10-8-,16-14-,22-20-,28-26-,34-32-,40-38-,46-44-,52-50-,55-53+,63-61+. The van der Waals surface area contributed by atoms with Gasteiger partial charge in [-0.15, -0.1) is 0 Å². The summed E-state index contributed by atoms with van der Waals surface area (Å²) in [4.78, 5) is 25.6. The van der Waals surface area contributed by atoms with Crippen molar-refractivity contribution in [1.82, 2.24) is 5.32 Å². The molecule has 0 spiro atoms.